The van der Waals surface area contributed by atoms with Crippen LogP contribution >= 0.6 is 0 Å². The average Bonchev–Trinajstić information content (AvgIpc) is 3.43. The van der Waals surface area contributed by atoms with Crippen molar-refractivity contribution in [3.63, 3.8) is 0 Å². The molecule has 0 aliphatic carbocycles. The van der Waals surface area contributed by atoms with Crippen LogP contribution in [0.4, 0.5) is 0 Å². The topological polar surface area (TPSA) is 56.6 Å². The Morgan fingerprint density at radius 1 is 1.10 bits per heavy atom. The number of rotatable bonds is 9. The number of amides is 1. The van der Waals surface area contributed by atoms with Crippen molar-refractivity contribution in [3.8, 4) is 11.5 Å². The van der Waals surface area contributed by atoms with Gasteiger partial charge in [0, 0.05) is 31.9 Å². The van der Waals surface area contributed by atoms with Gasteiger partial charge < -0.3 is 18.9 Å². The van der Waals surface area contributed by atoms with Gasteiger partial charge in [0.15, 0.2) is 11.5 Å². The SMILES string of the molecule is C[C@H](CCc1ccccc1)N(Cc1nccn1C)C(=O)CCc1ccc2c(c1)OCO2. The Kier molecular flexibility index (Phi) is 6.55. The van der Waals surface area contributed by atoms with Crippen molar-refractivity contribution in [2.75, 3.05) is 6.79 Å². The van der Waals surface area contributed by atoms with Gasteiger partial charge in [-0.15, -0.1) is 0 Å². The van der Waals surface area contributed by atoms with E-state index in [1.165, 1.54) is 5.56 Å². The predicted octanol–water partition coefficient (Wildman–Crippen LogP) is 4.13. The van der Waals surface area contributed by atoms with Crippen LogP contribution in [0.2, 0.25) is 0 Å². The standard InChI is InChI=1S/C25H29N3O3/c1-19(8-9-20-6-4-3-5-7-20)28(17-24-26-14-15-27(24)2)25(29)13-11-21-10-12-22-23(16-21)31-18-30-22/h3-7,10,12,14-16,19H,8-9,11,13,17-18H2,1-2H3/t19-/m1/s1. The maximum atomic E-state index is 13.3. The molecule has 0 N–H and O–H groups in total. The van der Waals surface area contributed by atoms with Crippen molar-refractivity contribution >= 4 is 5.91 Å². The van der Waals surface area contributed by atoms with Gasteiger partial charge in [0.25, 0.3) is 0 Å². The monoisotopic (exact) mass is 419 g/mol. The number of ether oxygens (including phenoxy) is 2. The van der Waals surface area contributed by atoms with Crippen LogP contribution in [0.25, 0.3) is 0 Å². The molecule has 0 saturated heterocycles. The van der Waals surface area contributed by atoms with Crippen LogP contribution in [-0.4, -0.2) is 33.2 Å². The molecule has 1 aliphatic heterocycles. The summed E-state index contributed by atoms with van der Waals surface area (Å²) in [4.78, 5) is 19.7. The van der Waals surface area contributed by atoms with Crippen LogP contribution in [0.3, 0.4) is 0 Å². The maximum Gasteiger partial charge on any atom is 0.231 e. The average molecular weight is 420 g/mol. The quantitative estimate of drug-likeness (QED) is 0.523. The molecule has 162 valence electrons. The molecule has 0 radical (unpaired) electrons. The molecule has 1 amide bonds. The van der Waals surface area contributed by atoms with Gasteiger partial charge in [-0.05, 0) is 49.4 Å². The Hall–Kier alpha value is -3.28. The van der Waals surface area contributed by atoms with Gasteiger partial charge in [0.05, 0.1) is 6.54 Å². The Labute approximate surface area is 183 Å². The summed E-state index contributed by atoms with van der Waals surface area (Å²) in [7, 11) is 1.96. The van der Waals surface area contributed by atoms with Crippen molar-refractivity contribution in [3.05, 3.63) is 77.9 Å². The highest BCUT2D eigenvalue weighted by Gasteiger charge is 2.22. The number of benzene rings is 2. The van der Waals surface area contributed by atoms with Crippen LogP contribution in [-0.2, 0) is 31.2 Å². The number of aromatic nitrogens is 2. The summed E-state index contributed by atoms with van der Waals surface area (Å²) in [6.07, 6.45) is 6.65. The van der Waals surface area contributed by atoms with E-state index in [2.05, 4.69) is 36.2 Å². The summed E-state index contributed by atoms with van der Waals surface area (Å²) in [5.41, 5.74) is 2.37. The summed E-state index contributed by atoms with van der Waals surface area (Å²) >= 11 is 0. The second kappa shape index (κ2) is 9.69. The van der Waals surface area contributed by atoms with Crippen molar-refractivity contribution in [2.24, 2.45) is 7.05 Å². The summed E-state index contributed by atoms with van der Waals surface area (Å²) in [5.74, 6) is 2.55. The summed E-state index contributed by atoms with van der Waals surface area (Å²) < 4.78 is 12.8. The zero-order valence-corrected chi connectivity index (χ0v) is 18.2. The third-order valence-electron chi connectivity index (χ3n) is 5.84. The molecule has 1 aliphatic rings. The highest BCUT2D eigenvalue weighted by Crippen LogP contribution is 2.32. The number of imidazole rings is 1. The molecular weight excluding hydrogens is 390 g/mol. The van der Waals surface area contributed by atoms with Crippen molar-refractivity contribution in [2.45, 2.75) is 45.2 Å². The first kappa shape index (κ1) is 21.0. The molecule has 0 spiro atoms. The molecule has 0 saturated carbocycles. The fourth-order valence-electron chi connectivity index (χ4n) is 3.86. The number of fused-ring (bicyclic) bond motifs is 1. The lowest BCUT2D eigenvalue weighted by Crippen LogP contribution is -2.39. The van der Waals surface area contributed by atoms with E-state index >= 15 is 0 Å². The van der Waals surface area contributed by atoms with Gasteiger partial charge in [0.2, 0.25) is 12.7 Å². The van der Waals surface area contributed by atoms with Gasteiger partial charge in [-0.3, -0.25) is 4.79 Å². The number of nitrogens with zero attached hydrogens (tertiary/aromatic N) is 3. The van der Waals surface area contributed by atoms with E-state index in [4.69, 9.17) is 9.47 Å². The normalized spacial score (nSPS) is 13.2. The number of aryl methyl sites for hydroxylation is 3. The van der Waals surface area contributed by atoms with E-state index in [9.17, 15) is 4.79 Å². The molecule has 31 heavy (non-hydrogen) atoms. The first-order valence-corrected chi connectivity index (χ1v) is 10.8. The van der Waals surface area contributed by atoms with Crippen LogP contribution in [0.1, 0.15) is 36.7 Å². The number of hydrogen-bond acceptors (Lipinski definition) is 4. The second-order valence-corrected chi connectivity index (χ2v) is 8.04. The molecule has 2 heterocycles. The van der Waals surface area contributed by atoms with Crippen molar-refractivity contribution in [1.29, 1.82) is 0 Å². The molecule has 1 aromatic heterocycles. The molecular formula is C25H29N3O3. The Balaban J connectivity index is 1.42. The van der Waals surface area contributed by atoms with E-state index in [1.807, 2.05) is 47.0 Å². The molecule has 0 unspecified atom stereocenters. The van der Waals surface area contributed by atoms with Crippen LogP contribution in [0.5, 0.6) is 11.5 Å². The minimum Gasteiger partial charge on any atom is -0.454 e. The second-order valence-electron chi connectivity index (χ2n) is 8.04. The zero-order valence-electron chi connectivity index (χ0n) is 18.2. The van der Waals surface area contributed by atoms with E-state index in [1.54, 1.807) is 6.20 Å². The summed E-state index contributed by atoms with van der Waals surface area (Å²) in [5, 5.41) is 0. The number of carbonyl (C=O) groups is 1. The predicted molar refractivity (Wildman–Crippen MR) is 119 cm³/mol. The Morgan fingerprint density at radius 2 is 1.90 bits per heavy atom. The highest BCUT2D eigenvalue weighted by molar-refractivity contribution is 5.76. The molecule has 6 nitrogen and oxygen atoms in total. The lowest BCUT2D eigenvalue weighted by molar-refractivity contribution is -0.134. The van der Waals surface area contributed by atoms with E-state index in [0.29, 0.717) is 19.4 Å². The maximum absolute atomic E-state index is 13.3. The van der Waals surface area contributed by atoms with E-state index in [0.717, 1.165) is 35.7 Å². The molecule has 3 aromatic rings. The summed E-state index contributed by atoms with van der Waals surface area (Å²) in [6.45, 7) is 2.90. The fourth-order valence-corrected chi connectivity index (χ4v) is 3.86. The van der Waals surface area contributed by atoms with Gasteiger partial charge in [-0.1, -0.05) is 36.4 Å². The lowest BCUT2D eigenvalue weighted by Gasteiger charge is -2.29. The number of carbonyl (C=O) groups excluding carboxylic acids is 1. The third-order valence-corrected chi connectivity index (χ3v) is 5.84. The molecule has 0 fully saturated rings. The zero-order chi connectivity index (χ0) is 21.6. The van der Waals surface area contributed by atoms with Crippen LogP contribution in [0, 0.1) is 0 Å². The minimum absolute atomic E-state index is 0.112. The van der Waals surface area contributed by atoms with Gasteiger partial charge in [-0.2, -0.15) is 0 Å². The minimum atomic E-state index is 0.112. The molecule has 2 aromatic carbocycles. The van der Waals surface area contributed by atoms with Gasteiger partial charge in [-0.25, -0.2) is 4.98 Å². The lowest BCUT2D eigenvalue weighted by atomic mass is 10.0. The Bertz CT molecular complexity index is 1020. The molecule has 6 heteroatoms. The first-order valence-electron chi connectivity index (χ1n) is 10.8. The highest BCUT2D eigenvalue weighted by atomic mass is 16.7. The summed E-state index contributed by atoms with van der Waals surface area (Å²) in [6, 6.07) is 16.4. The van der Waals surface area contributed by atoms with E-state index < -0.39 is 0 Å². The van der Waals surface area contributed by atoms with E-state index in [-0.39, 0.29) is 18.7 Å². The fraction of sp³-hybridized carbons (Fsp3) is 0.360. The van der Waals surface area contributed by atoms with Crippen LogP contribution in [0.15, 0.2) is 60.9 Å². The third kappa shape index (κ3) is 5.26. The molecule has 1 atom stereocenters. The Morgan fingerprint density at radius 3 is 2.68 bits per heavy atom. The smallest absolute Gasteiger partial charge is 0.231 e. The first-order chi connectivity index (χ1) is 15.1. The molecule has 4 rings (SSSR count). The van der Waals surface area contributed by atoms with Crippen LogP contribution < -0.4 is 9.47 Å². The number of hydrogen-bond donors (Lipinski definition) is 0. The van der Waals surface area contributed by atoms with Crippen molar-refractivity contribution < 1.29 is 14.3 Å². The van der Waals surface area contributed by atoms with Gasteiger partial charge >= 0.3 is 0 Å². The molecule has 0 bridgehead atoms. The largest absolute Gasteiger partial charge is 0.454 e. The van der Waals surface area contributed by atoms with Crippen molar-refractivity contribution in [1.82, 2.24) is 14.5 Å². The van der Waals surface area contributed by atoms with Gasteiger partial charge in [0.1, 0.15) is 5.82 Å².